The number of anilines is 1. The number of rotatable bonds is 4. The van der Waals surface area contributed by atoms with Crippen molar-refractivity contribution in [3.8, 4) is 18.4 Å². The Kier molecular flexibility index (Phi) is 4.36. The highest BCUT2D eigenvalue weighted by molar-refractivity contribution is 5.80. The summed E-state index contributed by atoms with van der Waals surface area (Å²) in [5, 5.41) is 14.0. The number of carbonyl (C=O) groups excluding carboxylic acids is 1. The van der Waals surface area contributed by atoms with Gasteiger partial charge >= 0.3 is 0 Å². The zero-order valence-electron chi connectivity index (χ0n) is 8.53. The predicted molar refractivity (Wildman–Crippen MR) is 59.3 cm³/mol. The Balaban J connectivity index is 2.52. The van der Waals surface area contributed by atoms with E-state index in [9.17, 15) is 4.79 Å². The van der Waals surface area contributed by atoms with Gasteiger partial charge < -0.3 is 10.6 Å². The molecule has 0 atom stereocenters. The molecule has 5 nitrogen and oxygen atoms in total. The number of nitrogens with one attached hydrogen (secondary N) is 2. The Morgan fingerprint density at radius 2 is 2.44 bits per heavy atom. The molecule has 0 aliphatic rings. The van der Waals surface area contributed by atoms with E-state index in [0.717, 1.165) is 0 Å². The summed E-state index contributed by atoms with van der Waals surface area (Å²) < 4.78 is 0. The monoisotopic (exact) mass is 214 g/mol. The third-order valence-corrected chi connectivity index (χ3v) is 1.73. The van der Waals surface area contributed by atoms with Crippen molar-refractivity contribution in [3.63, 3.8) is 0 Å². The van der Waals surface area contributed by atoms with Gasteiger partial charge in [-0.2, -0.15) is 5.26 Å². The normalized spacial score (nSPS) is 8.62. The second kappa shape index (κ2) is 6.05. The van der Waals surface area contributed by atoms with Crippen LogP contribution in [0.4, 0.5) is 5.82 Å². The van der Waals surface area contributed by atoms with Crippen LogP contribution in [0, 0.1) is 23.7 Å². The van der Waals surface area contributed by atoms with Gasteiger partial charge in [-0.15, -0.1) is 6.42 Å². The van der Waals surface area contributed by atoms with E-state index in [1.807, 2.05) is 6.07 Å². The van der Waals surface area contributed by atoms with Crippen molar-refractivity contribution in [2.45, 2.75) is 0 Å². The number of hydrogen-bond acceptors (Lipinski definition) is 4. The Morgan fingerprint density at radius 1 is 1.62 bits per heavy atom. The zero-order valence-corrected chi connectivity index (χ0v) is 8.53. The molecular weight excluding hydrogens is 204 g/mol. The first kappa shape index (κ1) is 11.5. The number of hydrogen-bond donors (Lipinski definition) is 2. The summed E-state index contributed by atoms with van der Waals surface area (Å²) >= 11 is 0. The maximum absolute atomic E-state index is 11.2. The summed E-state index contributed by atoms with van der Waals surface area (Å²) in [6.07, 6.45) is 6.53. The number of aromatic nitrogens is 1. The quantitative estimate of drug-likeness (QED) is 0.697. The highest BCUT2D eigenvalue weighted by Crippen LogP contribution is 2.08. The smallest absolute Gasteiger partial charge is 0.240 e. The van der Waals surface area contributed by atoms with Crippen molar-refractivity contribution in [2.75, 3.05) is 18.4 Å². The van der Waals surface area contributed by atoms with Gasteiger partial charge in [-0.05, 0) is 12.1 Å². The third kappa shape index (κ3) is 3.32. The second-order valence-electron chi connectivity index (χ2n) is 2.85. The zero-order chi connectivity index (χ0) is 11.8. The highest BCUT2D eigenvalue weighted by atomic mass is 16.1. The fourth-order valence-corrected chi connectivity index (χ4v) is 1.01. The largest absolute Gasteiger partial charge is 0.360 e. The van der Waals surface area contributed by atoms with Crippen LogP contribution < -0.4 is 10.6 Å². The van der Waals surface area contributed by atoms with Gasteiger partial charge in [0.05, 0.1) is 18.7 Å². The standard InChI is InChI=1S/C11H10N4O/c1-2-5-13-10(16)8-15-11-9(7-12)4-3-6-14-11/h1,3-4,6H,5,8H2,(H,13,16)(H,14,15). The minimum absolute atomic E-state index is 0.0351. The molecule has 0 aliphatic heterocycles. The topological polar surface area (TPSA) is 77.8 Å². The summed E-state index contributed by atoms with van der Waals surface area (Å²) in [5.41, 5.74) is 0.396. The van der Waals surface area contributed by atoms with Gasteiger partial charge in [0, 0.05) is 6.20 Å². The molecule has 0 aliphatic carbocycles. The third-order valence-electron chi connectivity index (χ3n) is 1.73. The molecule has 0 saturated heterocycles. The number of terminal acetylenes is 1. The summed E-state index contributed by atoms with van der Waals surface area (Å²) in [4.78, 5) is 15.1. The molecule has 0 radical (unpaired) electrons. The lowest BCUT2D eigenvalue weighted by Gasteiger charge is -2.06. The van der Waals surface area contributed by atoms with Gasteiger partial charge in [-0.3, -0.25) is 4.79 Å². The van der Waals surface area contributed by atoms with Crippen molar-refractivity contribution >= 4 is 11.7 Å². The van der Waals surface area contributed by atoms with Gasteiger partial charge in [-0.25, -0.2) is 4.98 Å². The minimum Gasteiger partial charge on any atom is -0.360 e. The van der Waals surface area contributed by atoms with Crippen LogP contribution in [0.3, 0.4) is 0 Å². The lowest BCUT2D eigenvalue weighted by molar-refractivity contribution is -0.119. The Labute approximate surface area is 93.5 Å². The van der Waals surface area contributed by atoms with Crippen LogP contribution in [-0.2, 0) is 4.79 Å². The molecule has 0 fully saturated rings. The van der Waals surface area contributed by atoms with Crippen LogP contribution in [0.25, 0.3) is 0 Å². The number of nitriles is 1. The molecule has 0 unspecified atom stereocenters. The first-order chi connectivity index (χ1) is 7.77. The molecule has 1 aromatic rings. The fourth-order valence-electron chi connectivity index (χ4n) is 1.01. The molecule has 1 heterocycles. The van der Waals surface area contributed by atoms with Crippen LogP contribution in [0.5, 0.6) is 0 Å². The molecular formula is C11H10N4O. The predicted octanol–water partition coefficient (Wildman–Crippen LogP) is 0.115. The van der Waals surface area contributed by atoms with Crippen molar-refractivity contribution < 1.29 is 4.79 Å². The Bertz CT molecular complexity index is 456. The van der Waals surface area contributed by atoms with Crippen LogP contribution >= 0.6 is 0 Å². The fraction of sp³-hybridized carbons (Fsp3) is 0.182. The molecule has 0 saturated carbocycles. The molecule has 1 rings (SSSR count). The van der Waals surface area contributed by atoms with Gasteiger partial charge in [0.1, 0.15) is 11.9 Å². The number of pyridine rings is 1. The van der Waals surface area contributed by atoms with Crippen molar-refractivity contribution in [1.82, 2.24) is 10.3 Å². The summed E-state index contributed by atoms with van der Waals surface area (Å²) in [6, 6.07) is 5.25. The Morgan fingerprint density at radius 3 is 3.12 bits per heavy atom. The maximum Gasteiger partial charge on any atom is 0.240 e. The summed E-state index contributed by atoms with van der Waals surface area (Å²) in [5.74, 6) is 2.44. The van der Waals surface area contributed by atoms with E-state index < -0.39 is 0 Å². The average molecular weight is 214 g/mol. The van der Waals surface area contributed by atoms with Crippen molar-refractivity contribution in [1.29, 1.82) is 5.26 Å². The average Bonchev–Trinajstić information content (AvgIpc) is 2.34. The van der Waals surface area contributed by atoms with E-state index in [4.69, 9.17) is 11.7 Å². The molecule has 0 bridgehead atoms. The van der Waals surface area contributed by atoms with Crippen LogP contribution in [0.2, 0.25) is 0 Å². The summed E-state index contributed by atoms with van der Waals surface area (Å²) in [6.45, 7) is 0.223. The SMILES string of the molecule is C#CCNC(=O)CNc1ncccc1C#N. The molecule has 0 spiro atoms. The van der Waals surface area contributed by atoms with Gasteiger partial charge in [0.25, 0.3) is 0 Å². The first-order valence-corrected chi connectivity index (χ1v) is 4.57. The Hall–Kier alpha value is -2.53. The van der Waals surface area contributed by atoms with E-state index in [1.54, 1.807) is 18.3 Å². The number of nitrogens with zero attached hydrogens (tertiary/aromatic N) is 2. The van der Waals surface area contributed by atoms with E-state index in [1.165, 1.54) is 0 Å². The minimum atomic E-state index is -0.243. The number of amides is 1. The summed E-state index contributed by atoms with van der Waals surface area (Å²) in [7, 11) is 0. The van der Waals surface area contributed by atoms with Gasteiger partial charge in [0.15, 0.2) is 0 Å². The maximum atomic E-state index is 11.2. The molecule has 1 amide bonds. The highest BCUT2D eigenvalue weighted by Gasteiger charge is 2.04. The van der Waals surface area contributed by atoms with Crippen LogP contribution in [-0.4, -0.2) is 24.0 Å². The molecule has 1 aromatic heterocycles. The molecule has 2 N–H and O–H groups in total. The van der Waals surface area contributed by atoms with E-state index >= 15 is 0 Å². The molecule has 5 heteroatoms. The lowest BCUT2D eigenvalue weighted by Crippen LogP contribution is -2.30. The molecule has 0 aromatic carbocycles. The van der Waals surface area contributed by atoms with E-state index in [2.05, 4.69) is 21.5 Å². The number of carbonyl (C=O) groups is 1. The lowest BCUT2D eigenvalue weighted by atomic mass is 10.3. The first-order valence-electron chi connectivity index (χ1n) is 4.57. The molecule has 80 valence electrons. The molecule has 16 heavy (non-hydrogen) atoms. The second-order valence-corrected chi connectivity index (χ2v) is 2.85. The van der Waals surface area contributed by atoms with Crippen molar-refractivity contribution in [3.05, 3.63) is 23.9 Å². The van der Waals surface area contributed by atoms with Crippen LogP contribution in [0.1, 0.15) is 5.56 Å². The van der Waals surface area contributed by atoms with Gasteiger partial charge in [-0.1, -0.05) is 5.92 Å². The van der Waals surface area contributed by atoms with E-state index in [0.29, 0.717) is 11.4 Å². The van der Waals surface area contributed by atoms with Gasteiger partial charge in [0.2, 0.25) is 5.91 Å². The van der Waals surface area contributed by atoms with Crippen LogP contribution in [0.15, 0.2) is 18.3 Å². The van der Waals surface area contributed by atoms with Crippen molar-refractivity contribution in [2.24, 2.45) is 0 Å². The van der Waals surface area contributed by atoms with E-state index in [-0.39, 0.29) is 19.0 Å².